The van der Waals surface area contributed by atoms with E-state index in [0.717, 1.165) is 70.6 Å². The summed E-state index contributed by atoms with van der Waals surface area (Å²) in [5.41, 5.74) is 0. The summed E-state index contributed by atoms with van der Waals surface area (Å²) in [6.07, 6.45) is 90.3. The van der Waals surface area contributed by atoms with Crippen molar-refractivity contribution in [1.29, 1.82) is 0 Å². The van der Waals surface area contributed by atoms with E-state index in [4.69, 9.17) is 14.2 Å². The average Bonchev–Trinajstić information content (AvgIpc) is 3.50. The predicted octanol–water partition coefficient (Wildman–Crippen LogP) is 25.9. The molecule has 0 rings (SSSR count). The molecule has 0 bridgehead atoms. The van der Waals surface area contributed by atoms with E-state index in [9.17, 15) is 14.4 Å². The van der Waals surface area contributed by atoms with Crippen LogP contribution >= 0.6 is 0 Å². The van der Waals surface area contributed by atoms with Crippen LogP contribution in [-0.2, 0) is 28.6 Å². The summed E-state index contributed by atoms with van der Waals surface area (Å²) in [6, 6.07) is 0. The van der Waals surface area contributed by atoms with Crippen molar-refractivity contribution in [2.45, 2.75) is 425 Å². The smallest absolute Gasteiger partial charge is 0.306 e. The zero-order valence-electron chi connectivity index (χ0n) is 56.2. The van der Waals surface area contributed by atoms with E-state index < -0.39 is 6.10 Å². The van der Waals surface area contributed by atoms with Crippen molar-refractivity contribution < 1.29 is 28.6 Å². The summed E-state index contributed by atoms with van der Waals surface area (Å²) < 4.78 is 17.1. The molecule has 1 unspecified atom stereocenters. The Morgan fingerprint density at radius 2 is 0.434 bits per heavy atom. The number of carbonyl (C=O) groups excluding carboxylic acids is 3. The van der Waals surface area contributed by atoms with Crippen molar-refractivity contribution in [3.8, 4) is 0 Å². The lowest BCUT2D eigenvalue weighted by molar-refractivity contribution is -0.167. The van der Waals surface area contributed by atoms with Crippen LogP contribution in [0.3, 0.4) is 0 Å². The van der Waals surface area contributed by atoms with Gasteiger partial charge in [-0.25, -0.2) is 0 Å². The van der Waals surface area contributed by atoms with E-state index in [1.807, 2.05) is 0 Å². The van der Waals surface area contributed by atoms with Crippen molar-refractivity contribution in [3.05, 3.63) is 36.5 Å². The van der Waals surface area contributed by atoms with Crippen LogP contribution < -0.4 is 0 Å². The van der Waals surface area contributed by atoms with Gasteiger partial charge in [0.2, 0.25) is 0 Å². The van der Waals surface area contributed by atoms with Gasteiger partial charge in [-0.3, -0.25) is 14.4 Å². The maximum atomic E-state index is 13.0. The van der Waals surface area contributed by atoms with Gasteiger partial charge in [-0.1, -0.05) is 378 Å². The fourth-order valence-corrected chi connectivity index (χ4v) is 11.5. The number of hydrogen-bond donors (Lipinski definition) is 0. The number of esters is 3. The van der Waals surface area contributed by atoms with E-state index in [1.54, 1.807) is 0 Å². The largest absolute Gasteiger partial charge is 0.462 e. The lowest BCUT2D eigenvalue weighted by Crippen LogP contribution is -2.30. The maximum Gasteiger partial charge on any atom is 0.306 e. The van der Waals surface area contributed by atoms with E-state index in [0.29, 0.717) is 19.3 Å². The Morgan fingerprint density at radius 1 is 0.241 bits per heavy atom. The van der Waals surface area contributed by atoms with Crippen molar-refractivity contribution in [2.24, 2.45) is 0 Å². The third kappa shape index (κ3) is 70.3. The third-order valence-electron chi connectivity index (χ3n) is 17.1. The number of allylic oxidation sites excluding steroid dienone is 6. The van der Waals surface area contributed by atoms with Gasteiger partial charge in [-0.15, -0.1) is 0 Å². The molecule has 0 amide bonds. The second kappa shape index (κ2) is 72.1. The molecule has 0 fully saturated rings. The quantitative estimate of drug-likeness (QED) is 0.0261. The maximum absolute atomic E-state index is 13.0. The van der Waals surface area contributed by atoms with Gasteiger partial charge in [-0.05, 0) is 57.8 Å². The first-order chi connectivity index (χ1) is 41.0. The number of rotatable bonds is 70. The number of hydrogen-bond acceptors (Lipinski definition) is 6. The standard InChI is InChI=1S/C77H144O6/c1-4-7-10-13-16-19-22-25-28-31-34-36-37-38-39-41-43-46-49-52-55-58-61-64-67-70-76(79)82-73-74(72-81-75(78)69-66-63-60-57-54-51-48-45-42-33-30-27-24-21-18-15-12-9-6-3)83-77(80)71-68-65-62-59-56-53-50-47-44-40-35-32-29-26-23-20-17-14-11-8-5-2/h22,25,31,34,37-38,74H,4-21,23-24,26-30,32-33,35-36,39-73H2,1-3H3/b25-22-,34-31-,38-37-. The Morgan fingerprint density at radius 3 is 0.675 bits per heavy atom. The minimum atomic E-state index is -0.772. The Kier molecular flexibility index (Phi) is 70.0. The zero-order chi connectivity index (χ0) is 59.9. The highest BCUT2D eigenvalue weighted by atomic mass is 16.6. The third-order valence-corrected chi connectivity index (χ3v) is 17.1. The lowest BCUT2D eigenvalue weighted by Gasteiger charge is -2.18. The molecule has 0 aliphatic heterocycles. The zero-order valence-corrected chi connectivity index (χ0v) is 56.2. The molecular weight excluding hydrogens is 1020 g/mol. The molecule has 1 atom stereocenters. The van der Waals surface area contributed by atoms with Crippen LogP contribution in [-0.4, -0.2) is 37.2 Å². The highest BCUT2D eigenvalue weighted by Gasteiger charge is 2.20. The van der Waals surface area contributed by atoms with Crippen LogP contribution in [0.5, 0.6) is 0 Å². The van der Waals surface area contributed by atoms with Crippen molar-refractivity contribution in [3.63, 3.8) is 0 Å². The first-order valence-electron chi connectivity index (χ1n) is 37.5. The Hall–Kier alpha value is -2.37. The molecule has 0 radical (unpaired) electrons. The molecular formula is C77H144O6. The molecule has 6 heteroatoms. The van der Waals surface area contributed by atoms with Gasteiger partial charge in [-0.2, -0.15) is 0 Å². The molecule has 0 aromatic carbocycles. The van der Waals surface area contributed by atoms with E-state index in [2.05, 4.69) is 57.2 Å². The summed E-state index contributed by atoms with van der Waals surface area (Å²) in [7, 11) is 0. The highest BCUT2D eigenvalue weighted by molar-refractivity contribution is 5.71. The van der Waals surface area contributed by atoms with Gasteiger partial charge in [0.05, 0.1) is 0 Å². The molecule has 0 aliphatic carbocycles. The van der Waals surface area contributed by atoms with Crippen LogP contribution in [0, 0.1) is 0 Å². The fraction of sp³-hybridized carbons (Fsp3) is 0.883. The van der Waals surface area contributed by atoms with E-state index in [1.165, 1.54) is 308 Å². The van der Waals surface area contributed by atoms with Crippen LogP contribution in [0.15, 0.2) is 36.5 Å². The Labute approximate surface area is 518 Å². The molecule has 0 spiro atoms. The van der Waals surface area contributed by atoms with Crippen LogP contribution in [0.4, 0.5) is 0 Å². The Bertz CT molecular complexity index is 1380. The molecule has 0 aliphatic rings. The van der Waals surface area contributed by atoms with Gasteiger partial charge in [0.1, 0.15) is 13.2 Å². The topological polar surface area (TPSA) is 78.9 Å². The Balaban J connectivity index is 4.30. The molecule has 6 nitrogen and oxygen atoms in total. The summed E-state index contributed by atoms with van der Waals surface area (Å²) in [4.78, 5) is 38.6. The van der Waals surface area contributed by atoms with Gasteiger partial charge >= 0.3 is 17.9 Å². The van der Waals surface area contributed by atoms with E-state index in [-0.39, 0.29) is 31.1 Å². The van der Waals surface area contributed by atoms with Crippen LogP contribution in [0.25, 0.3) is 0 Å². The summed E-state index contributed by atoms with van der Waals surface area (Å²) in [5.74, 6) is -0.834. The minimum Gasteiger partial charge on any atom is -0.462 e. The molecule has 0 aromatic heterocycles. The minimum absolute atomic E-state index is 0.0665. The summed E-state index contributed by atoms with van der Waals surface area (Å²) in [6.45, 7) is 6.72. The molecule has 83 heavy (non-hydrogen) atoms. The van der Waals surface area contributed by atoms with Crippen molar-refractivity contribution >= 4 is 17.9 Å². The van der Waals surface area contributed by atoms with Crippen molar-refractivity contribution in [1.82, 2.24) is 0 Å². The second-order valence-corrected chi connectivity index (χ2v) is 25.6. The van der Waals surface area contributed by atoms with Gasteiger partial charge in [0.25, 0.3) is 0 Å². The normalized spacial score (nSPS) is 12.2. The lowest BCUT2D eigenvalue weighted by atomic mass is 10.0. The number of unbranched alkanes of at least 4 members (excludes halogenated alkanes) is 53. The SMILES string of the molecule is CCCCCCC/C=C\C/C=C\C/C=C\CCCCCCCCCCCCC(=O)OCC(COC(=O)CCCCCCCCCCCCCCCCCCCCC)OC(=O)CCCCCCCCCCCCCCCCCCCCCCC. The van der Waals surface area contributed by atoms with Gasteiger partial charge < -0.3 is 14.2 Å². The van der Waals surface area contributed by atoms with Gasteiger partial charge in [0, 0.05) is 19.3 Å². The summed E-state index contributed by atoms with van der Waals surface area (Å²) >= 11 is 0. The monoisotopic (exact) mass is 1170 g/mol. The second-order valence-electron chi connectivity index (χ2n) is 25.6. The molecule has 0 saturated carbocycles. The molecule has 488 valence electrons. The molecule has 0 aromatic rings. The predicted molar refractivity (Wildman–Crippen MR) is 362 cm³/mol. The van der Waals surface area contributed by atoms with E-state index >= 15 is 0 Å². The molecule has 0 saturated heterocycles. The molecule has 0 N–H and O–H groups in total. The number of carbonyl (C=O) groups is 3. The van der Waals surface area contributed by atoms with Crippen LogP contribution in [0.2, 0.25) is 0 Å². The first kappa shape index (κ1) is 80.6. The highest BCUT2D eigenvalue weighted by Crippen LogP contribution is 2.19. The number of ether oxygens (including phenoxy) is 3. The summed E-state index contributed by atoms with van der Waals surface area (Å²) in [5, 5.41) is 0. The van der Waals surface area contributed by atoms with Gasteiger partial charge in [0.15, 0.2) is 6.10 Å². The average molecular weight is 1170 g/mol. The fourth-order valence-electron chi connectivity index (χ4n) is 11.5. The molecule has 0 heterocycles. The first-order valence-corrected chi connectivity index (χ1v) is 37.5. The van der Waals surface area contributed by atoms with Crippen LogP contribution in [0.1, 0.15) is 419 Å². The van der Waals surface area contributed by atoms with Crippen molar-refractivity contribution in [2.75, 3.05) is 13.2 Å².